The number of benzene rings is 2. The van der Waals surface area contributed by atoms with E-state index in [1.165, 1.54) is 5.39 Å². The van der Waals surface area contributed by atoms with Crippen LogP contribution in [-0.4, -0.2) is 16.7 Å². The second-order valence-corrected chi connectivity index (χ2v) is 4.96. The van der Waals surface area contributed by atoms with Crippen molar-refractivity contribution in [3.63, 3.8) is 0 Å². The summed E-state index contributed by atoms with van der Waals surface area (Å²) in [6.45, 7) is 0. The summed E-state index contributed by atoms with van der Waals surface area (Å²) in [5.74, 6) is -0.424. The number of carbonyl (C=O) groups is 1. The van der Waals surface area contributed by atoms with Crippen molar-refractivity contribution in [1.82, 2.24) is 9.99 Å². The topological polar surface area (TPSA) is 70.2 Å². The monoisotopic (exact) mass is 302 g/mol. The highest BCUT2D eigenvalue weighted by Gasteiger charge is 2.03. The molecule has 3 aromatic rings. The Morgan fingerprint density at radius 1 is 1.17 bits per heavy atom. The second kappa shape index (κ2) is 6.58. The zero-order chi connectivity index (χ0) is 16.1. The van der Waals surface area contributed by atoms with Gasteiger partial charge in [0.25, 0.3) is 5.91 Å². The number of nitriles is 1. The van der Waals surface area contributed by atoms with Gasteiger partial charge in [-0.25, -0.2) is 5.43 Å². The molecule has 0 saturated carbocycles. The molecule has 5 heteroatoms. The Kier molecular flexibility index (Phi) is 4.16. The summed E-state index contributed by atoms with van der Waals surface area (Å²) in [5.41, 5.74) is 4.17. The maximum Gasteiger partial charge on any atom is 0.254 e. The van der Waals surface area contributed by atoms with Crippen LogP contribution in [0.25, 0.3) is 16.5 Å². The molecule has 0 spiro atoms. The minimum atomic E-state index is -0.424. The molecule has 0 aliphatic carbocycles. The van der Waals surface area contributed by atoms with E-state index in [1.807, 2.05) is 41.1 Å². The average Bonchev–Trinajstić information content (AvgIpc) is 3.03. The van der Waals surface area contributed by atoms with E-state index < -0.39 is 5.91 Å². The predicted octanol–water partition coefficient (Wildman–Crippen LogP) is 2.99. The highest BCUT2D eigenvalue weighted by Crippen LogP contribution is 2.19. The van der Waals surface area contributed by atoms with Crippen LogP contribution in [0.2, 0.25) is 0 Å². The normalized spacial score (nSPS) is 10.7. The molecule has 5 nitrogen and oxygen atoms in total. The summed E-state index contributed by atoms with van der Waals surface area (Å²) in [4.78, 5) is 11.2. The van der Waals surface area contributed by atoms with Gasteiger partial charge in [0.2, 0.25) is 0 Å². The quantitative estimate of drug-likeness (QED) is 0.594. The van der Waals surface area contributed by atoms with Crippen molar-refractivity contribution in [2.75, 3.05) is 0 Å². The molecule has 0 radical (unpaired) electrons. The highest BCUT2D eigenvalue weighted by atomic mass is 16.2. The number of fused-ring (bicyclic) bond motifs is 1. The van der Waals surface area contributed by atoms with Crippen molar-refractivity contribution in [2.24, 2.45) is 5.10 Å². The number of nitrogens with one attached hydrogen (secondary N) is 1. The molecule has 1 amide bonds. The fourth-order valence-electron chi connectivity index (χ4n) is 2.34. The van der Waals surface area contributed by atoms with Crippen molar-refractivity contribution in [3.8, 4) is 11.8 Å². The fourth-order valence-corrected chi connectivity index (χ4v) is 2.34. The average molecular weight is 302 g/mol. The third kappa shape index (κ3) is 3.27. The van der Waals surface area contributed by atoms with Crippen LogP contribution in [-0.2, 0) is 4.79 Å². The number of amides is 1. The first-order valence-electron chi connectivity index (χ1n) is 7.13. The Morgan fingerprint density at radius 2 is 2.00 bits per heavy atom. The molecular formula is C18H14N4O. The van der Waals surface area contributed by atoms with E-state index in [0.717, 1.165) is 16.8 Å². The molecule has 0 aliphatic heterocycles. The zero-order valence-corrected chi connectivity index (χ0v) is 12.3. The van der Waals surface area contributed by atoms with E-state index in [9.17, 15) is 4.79 Å². The Hall–Kier alpha value is -3.39. The van der Waals surface area contributed by atoms with Crippen LogP contribution in [0.5, 0.6) is 0 Å². The first kappa shape index (κ1) is 14.5. The van der Waals surface area contributed by atoms with Crippen molar-refractivity contribution < 1.29 is 4.79 Å². The largest absolute Gasteiger partial charge is 0.316 e. The van der Waals surface area contributed by atoms with E-state index in [0.29, 0.717) is 0 Å². The van der Waals surface area contributed by atoms with Gasteiger partial charge in [-0.05, 0) is 35.0 Å². The lowest BCUT2D eigenvalue weighted by Gasteiger charge is -2.08. The molecule has 2 aromatic carbocycles. The van der Waals surface area contributed by atoms with Gasteiger partial charge in [0.1, 0.15) is 6.42 Å². The van der Waals surface area contributed by atoms with Gasteiger partial charge in [-0.3, -0.25) is 4.79 Å². The Balaban J connectivity index is 1.86. The van der Waals surface area contributed by atoms with Gasteiger partial charge < -0.3 is 4.57 Å². The van der Waals surface area contributed by atoms with Gasteiger partial charge in [0.05, 0.1) is 18.0 Å². The fraction of sp³-hybridized carbons (Fsp3) is 0.0556. The molecule has 112 valence electrons. The van der Waals surface area contributed by atoms with Crippen LogP contribution in [0.3, 0.4) is 0 Å². The van der Waals surface area contributed by atoms with E-state index in [2.05, 4.69) is 34.8 Å². The van der Waals surface area contributed by atoms with Gasteiger partial charge in [-0.1, -0.05) is 30.3 Å². The first-order chi connectivity index (χ1) is 11.3. The van der Waals surface area contributed by atoms with Crippen molar-refractivity contribution in [3.05, 3.63) is 66.5 Å². The van der Waals surface area contributed by atoms with E-state index in [1.54, 1.807) is 12.3 Å². The third-order valence-electron chi connectivity index (χ3n) is 3.42. The zero-order valence-electron chi connectivity index (χ0n) is 12.3. The highest BCUT2D eigenvalue weighted by molar-refractivity contribution is 5.86. The lowest BCUT2D eigenvalue weighted by Crippen LogP contribution is -2.16. The number of hydrogen-bond acceptors (Lipinski definition) is 3. The molecule has 0 unspecified atom stereocenters. The summed E-state index contributed by atoms with van der Waals surface area (Å²) in [5, 5.41) is 14.7. The number of carbonyl (C=O) groups excluding carboxylic acids is 1. The molecular weight excluding hydrogens is 288 g/mol. The number of rotatable bonds is 4. The molecule has 1 aromatic heterocycles. The summed E-state index contributed by atoms with van der Waals surface area (Å²) in [7, 11) is 0. The third-order valence-corrected chi connectivity index (χ3v) is 3.42. The lowest BCUT2D eigenvalue weighted by atomic mass is 10.1. The first-order valence-corrected chi connectivity index (χ1v) is 7.13. The molecule has 1 N–H and O–H groups in total. The van der Waals surface area contributed by atoms with Gasteiger partial charge in [-0.15, -0.1) is 0 Å². The number of aromatic nitrogens is 1. The van der Waals surface area contributed by atoms with Crippen molar-refractivity contribution >= 4 is 22.9 Å². The molecule has 0 bridgehead atoms. The second-order valence-electron chi connectivity index (χ2n) is 4.96. The lowest BCUT2D eigenvalue weighted by molar-refractivity contribution is -0.120. The standard InChI is InChI=1S/C18H14N4O/c19-10-9-18(23)21-20-13-17-6-3-11-22(17)16-8-7-14-4-1-2-5-15(14)12-16/h1-8,11-13H,9H2,(H,21,23)/b20-13+. The van der Waals surface area contributed by atoms with Gasteiger partial charge in [-0.2, -0.15) is 10.4 Å². The van der Waals surface area contributed by atoms with Gasteiger partial charge in [0, 0.05) is 11.9 Å². The summed E-state index contributed by atoms with van der Waals surface area (Å²) in [6.07, 6.45) is 3.29. The number of hydrazone groups is 1. The van der Waals surface area contributed by atoms with Crippen LogP contribution in [0.15, 0.2) is 65.9 Å². The maximum atomic E-state index is 11.2. The Bertz CT molecular complexity index is 918. The van der Waals surface area contributed by atoms with Crippen LogP contribution < -0.4 is 5.43 Å². The van der Waals surface area contributed by atoms with Gasteiger partial charge in [0.15, 0.2) is 0 Å². The van der Waals surface area contributed by atoms with Crippen LogP contribution in [0.4, 0.5) is 0 Å². The molecule has 0 aliphatic rings. The SMILES string of the molecule is N#CCC(=O)N/N=C/c1cccn1-c1ccc2ccccc2c1. The Labute approximate surface area is 133 Å². The van der Waals surface area contributed by atoms with E-state index in [4.69, 9.17) is 5.26 Å². The van der Waals surface area contributed by atoms with Crippen LogP contribution >= 0.6 is 0 Å². The molecule has 0 saturated heterocycles. The Morgan fingerprint density at radius 3 is 2.83 bits per heavy atom. The molecule has 1 heterocycles. The predicted molar refractivity (Wildman–Crippen MR) is 89.2 cm³/mol. The molecule has 23 heavy (non-hydrogen) atoms. The summed E-state index contributed by atoms with van der Waals surface area (Å²) < 4.78 is 1.98. The summed E-state index contributed by atoms with van der Waals surface area (Å²) in [6, 6.07) is 19.9. The molecule has 0 atom stereocenters. The van der Waals surface area contributed by atoms with Crippen molar-refractivity contribution in [1.29, 1.82) is 5.26 Å². The number of hydrogen-bond donors (Lipinski definition) is 1. The van der Waals surface area contributed by atoms with E-state index in [-0.39, 0.29) is 6.42 Å². The number of nitrogens with zero attached hydrogens (tertiary/aromatic N) is 3. The van der Waals surface area contributed by atoms with Crippen LogP contribution in [0.1, 0.15) is 12.1 Å². The summed E-state index contributed by atoms with van der Waals surface area (Å²) >= 11 is 0. The van der Waals surface area contributed by atoms with Crippen molar-refractivity contribution in [2.45, 2.75) is 6.42 Å². The maximum absolute atomic E-state index is 11.2. The molecule has 3 rings (SSSR count). The van der Waals surface area contributed by atoms with E-state index >= 15 is 0 Å². The smallest absolute Gasteiger partial charge is 0.254 e. The minimum absolute atomic E-state index is 0.205. The van der Waals surface area contributed by atoms with Crippen LogP contribution in [0, 0.1) is 11.3 Å². The molecule has 0 fully saturated rings. The minimum Gasteiger partial charge on any atom is -0.316 e. The van der Waals surface area contributed by atoms with Gasteiger partial charge >= 0.3 is 0 Å².